The van der Waals surface area contributed by atoms with Gasteiger partial charge in [-0.05, 0) is 35.9 Å². The van der Waals surface area contributed by atoms with Crippen LogP contribution in [0, 0.1) is 0 Å². The summed E-state index contributed by atoms with van der Waals surface area (Å²) in [6.07, 6.45) is 1.87. The van der Waals surface area contributed by atoms with Crippen molar-refractivity contribution in [3.63, 3.8) is 0 Å². The quantitative estimate of drug-likeness (QED) is 0.590. The first-order valence-corrected chi connectivity index (χ1v) is 8.95. The summed E-state index contributed by atoms with van der Waals surface area (Å²) in [5.74, 6) is -0.0636. The molecule has 1 fully saturated rings. The fraction of sp³-hybridized carbons (Fsp3) is 0.0588. The van der Waals surface area contributed by atoms with Crippen molar-refractivity contribution >= 4 is 61.9 Å². The highest BCUT2D eigenvalue weighted by atomic mass is 79.9. The van der Waals surface area contributed by atoms with Gasteiger partial charge in [0.05, 0.1) is 11.6 Å². The highest BCUT2D eigenvalue weighted by molar-refractivity contribution is 9.10. The maximum Gasteiger partial charge on any atom is 0.267 e. The summed E-state index contributed by atoms with van der Waals surface area (Å²) in [5, 5.41) is 3.21. The van der Waals surface area contributed by atoms with E-state index in [1.165, 1.54) is 11.8 Å². The third kappa shape index (κ3) is 4.02. The van der Waals surface area contributed by atoms with E-state index in [4.69, 9.17) is 12.2 Å². The Kier molecular flexibility index (Phi) is 5.15. The number of hydrogen-bond donors (Lipinski definition) is 1. The third-order valence-electron chi connectivity index (χ3n) is 3.26. The Morgan fingerprint density at radius 1 is 1.13 bits per heavy atom. The molecule has 0 aromatic heterocycles. The Balaban J connectivity index is 1.71. The average molecular weight is 405 g/mol. The van der Waals surface area contributed by atoms with E-state index in [0.717, 1.165) is 15.7 Å². The van der Waals surface area contributed by atoms with Crippen molar-refractivity contribution < 1.29 is 4.79 Å². The zero-order valence-electron chi connectivity index (χ0n) is 12.0. The molecule has 6 heteroatoms. The van der Waals surface area contributed by atoms with E-state index in [9.17, 15) is 4.79 Å². The number of anilines is 1. The van der Waals surface area contributed by atoms with Gasteiger partial charge in [0.1, 0.15) is 4.32 Å². The molecule has 0 saturated carbocycles. The van der Waals surface area contributed by atoms with Crippen molar-refractivity contribution in [2.45, 2.75) is 0 Å². The molecule has 1 saturated heterocycles. The molecular weight excluding hydrogens is 392 g/mol. The molecule has 1 N–H and O–H groups in total. The van der Waals surface area contributed by atoms with Crippen LogP contribution in [-0.2, 0) is 4.79 Å². The highest BCUT2D eigenvalue weighted by Crippen LogP contribution is 2.32. The van der Waals surface area contributed by atoms with Crippen LogP contribution in [0.3, 0.4) is 0 Å². The van der Waals surface area contributed by atoms with E-state index >= 15 is 0 Å². The van der Waals surface area contributed by atoms with Gasteiger partial charge in [-0.2, -0.15) is 0 Å². The number of para-hydroxylation sites is 1. The van der Waals surface area contributed by atoms with Crippen LogP contribution in [-0.4, -0.2) is 21.8 Å². The van der Waals surface area contributed by atoms with E-state index in [-0.39, 0.29) is 5.91 Å². The first kappa shape index (κ1) is 16.2. The summed E-state index contributed by atoms with van der Waals surface area (Å²) in [5.41, 5.74) is 1.93. The van der Waals surface area contributed by atoms with E-state index in [0.29, 0.717) is 15.9 Å². The number of nitrogens with zero attached hydrogens (tertiary/aromatic N) is 1. The molecule has 0 atom stereocenters. The van der Waals surface area contributed by atoms with E-state index in [1.807, 2.05) is 60.7 Å². The molecule has 23 heavy (non-hydrogen) atoms. The zero-order valence-corrected chi connectivity index (χ0v) is 15.2. The van der Waals surface area contributed by atoms with Crippen molar-refractivity contribution in [3.05, 3.63) is 69.5 Å². The summed E-state index contributed by atoms with van der Waals surface area (Å²) < 4.78 is 1.58. The maximum atomic E-state index is 12.5. The lowest BCUT2D eigenvalue weighted by Crippen LogP contribution is -2.33. The number of hydrogen-bond acceptors (Lipinski definition) is 4. The first-order chi connectivity index (χ1) is 11.1. The molecular formula is C17H13BrN2OS2. The lowest BCUT2D eigenvalue weighted by Gasteiger charge is -2.16. The van der Waals surface area contributed by atoms with Crippen LogP contribution in [0.15, 0.2) is 64.0 Å². The van der Waals surface area contributed by atoms with Gasteiger partial charge in [0.15, 0.2) is 0 Å². The predicted molar refractivity (Wildman–Crippen MR) is 104 cm³/mol. The van der Waals surface area contributed by atoms with Gasteiger partial charge in [0.2, 0.25) is 0 Å². The fourth-order valence-corrected chi connectivity index (χ4v) is 3.59. The summed E-state index contributed by atoms with van der Waals surface area (Å²) in [6.45, 7) is 0.367. The Hall–Kier alpha value is -1.63. The Labute approximate surface area is 152 Å². The predicted octanol–water partition coefficient (Wildman–Crippen LogP) is 4.72. The molecule has 3 nitrogen and oxygen atoms in total. The first-order valence-electron chi connectivity index (χ1n) is 6.93. The van der Waals surface area contributed by atoms with Gasteiger partial charge in [0, 0.05) is 10.2 Å². The number of rotatable bonds is 4. The lowest BCUT2D eigenvalue weighted by molar-refractivity contribution is -0.121. The van der Waals surface area contributed by atoms with Crippen molar-refractivity contribution in [2.24, 2.45) is 0 Å². The SMILES string of the molecule is O=C1/C(=C\c2ccc(Br)cc2)SC(=S)N1CNc1ccccc1. The van der Waals surface area contributed by atoms with Gasteiger partial charge in [-0.3, -0.25) is 9.69 Å². The molecule has 0 bridgehead atoms. The smallest absolute Gasteiger partial charge is 0.267 e. The molecule has 2 aromatic rings. The average Bonchev–Trinajstić information content (AvgIpc) is 2.82. The topological polar surface area (TPSA) is 32.3 Å². The molecule has 0 unspecified atom stereocenters. The molecule has 1 amide bonds. The van der Waals surface area contributed by atoms with Gasteiger partial charge in [0.25, 0.3) is 5.91 Å². The van der Waals surface area contributed by atoms with Crippen LogP contribution in [0.1, 0.15) is 5.56 Å². The summed E-state index contributed by atoms with van der Waals surface area (Å²) in [6, 6.07) is 17.6. The second kappa shape index (κ2) is 7.29. The number of carbonyl (C=O) groups is 1. The second-order valence-electron chi connectivity index (χ2n) is 4.86. The maximum absolute atomic E-state index is 12.5. The van der Waals surface area contributed by atoms with Crippen LogP contribution in [0.2, 0.25) is 0 Å². The molecule has 0 radical (unpaired) electrons. The standard InChI is InChI=1S/C17H13BrN2OS2/c18-13-8-6-12(7-9-13)10-15-16(21)20(17(22)23-15)11-19-14-4-2-1-3-5-14/h1-10,19H,11H2/b15-10+. The van der Waals surface area contributed by atoms with Crippen LogP contribution < -0.4 is 5.32 Å². The Morgan fingerprint density at radius 3 is 2.52 bits per heavy atom. The number of nitrogens with one attached hydrogen (secondary N) is 1. The van der Waals surface area contributed by atoms with Crippen LogP contribution in [0.4, 0.5) is 5.69 Å². The van der Waals surface area contributed by atoms with Crippen LogP contribution in [0.25, 0.3) is 6.08 Å². The number of halogens is 1. The van der Waals surface area contributed by atoms with Crippen molar-refractivity contribution in [2.75, 3.05) is 12.0 Å². The van der Waals surface area contributed by atoms with E-state index in [2.05, 4.69) is 21.2 Å². The molecule has 3 rings (SSSR count). The van der Waals surface area contributed by atoms with Gasteiger partial charge in [-0.25, -0.2) is 0 Å². The molecule has 1 aliphatic heterocycles. The molecule has 1 heterocycles. The van der Waals surface area contributed by atoms with E-state index in [1.54, 1.807) is 4.90 Å². The minimum Gasteiger partial charge on any atom is -0.367 e. The summed E-state index contributed by atoms with van der Waals surface area (Å²) in [7, 11) is 0. The summed E-state index contributed by atoms with van der Waals surface area (Å²) >= 11 is 10.1. The normalized spacial score (nSPS) is 16.2. The van der Waals surface area contributed by atoms with E-state index < -0.39 is 0 Å². The highest BCUT2D eigenvalue weighted by Gasteiger charge is 2.31. The lowest BCUT2D eigenvalue weighted by atomic mass is 10.2. The van der Waals surface area contributed by atoms with Crippen molar-refractivity contribution in [1.29, 1.82) is 0 Å². The minimum absolute atomic E-state index is 0.0636. The number of benzene rings is 2. The largest absolute Gasteiger partial charge is 0.367 e. The fourth-order valence-electron chi connectivity index (χ4n) is 2.07. The Morgan fingerprint density at radius 2 is 1.83 bits per heavy atom. The minimum atomic E-state index is -0.0636. The molecule has 116 valence electrons. The van der Waals surface area contributed by atoms with Gasteiger partial charge in [-0.1, -0.05) is 70.2 Å². The van der Waals surface area contributed by atoms with Gasteiger partial charge >= 0.3 is 0 Å². The molecule has 0 aliphatic carbocycles. The van der Waals surface area contributed by atoms with Crippen LogP contribution in [0.5, 0.6) is 0 Å². The third-order valence-corrected chi connectivity index (χ3v) is 5.16. The van der Waals surface area contributed by atoms with Gasteiger partial charge in [-0.15, -0.1) is 0 Å². The number of carbonyl (C=O) groups excluding carboxylic acids is 1. The van der Waals surface area contributed by atoms with Crippen LogP contribution >= 0.6 is 39.9 Å². The number of thioether (sulfide) groups is 1. The Bertz CT molecular complexity index is 760. The number of amides is 1. The molecule has 1 aliphatic rings. The van der Waals surface area contributed by atoms with Gasteiger partial charge < -0.3 is 5.32 Å². The molecule has 2 aromatic carbocycles. The second-order valence-corrected chi connectivity index (χ2v) is 7.45. The number of thiocarbonyl (C=S) groups is 1. The monoisotopic (exact) mass is 404 g/mol. The summed E-state index contributed by atoms with van der Waals surface area (Å²) in [4.78, 5) is 14.7. The van der Waals surface area contributed by atoms with Crippen molar-refractivity contribution in [1.82, 2.24) is 4.90 Å². The molecule has 0 spiro atoms. The zero-order chi connectivity index (χ0) is 16.2. The van der Waals surface area contributed by atoms with Crippen molar-refractivity contribution in [3.8, 4) is 0 Å².